The van der Waals surface area contributed by atoms with Gasteiger partial charge in [-0.1, -0.05) is 0 Å². The van der Waals surface area contributed by atoms with Crippen molar-refractivity contribution in [2.45, 2.75) is 25.9 Å². The van der Waals surface area contributed by atoms with Crippen LogP contribution in [0.3, 0.4) is 0 Å². The first-order chi connectivity index (χ1) is 11.2. The molecule has 1 aliphatic heterocycles. The van der Waals surface area contributed by atoms with Crippen LogP contribution in [-0.2, 0) is 0 Å². The second kappa shape index (κ2) is 6.68. The maximum absolute atomic E-state index is 5.99. The minimum absolute atomic E-state index is 0.181. The molecule has 0 atom stereocenters. The van der Waals surface area contributed by atoms with Gasteiger partial charge >= 0.3 is 0 Å². The van der Waals surface area contributed by atoms with E-state index in [1.54, 1.807) is 25.6 Å². The normalized spacial score (nSPS) is 15.5. The maximum Gasteiger partial charge on any atom is 0.221 e. The van der Waals surface area contributed by atoms with Gasteiger partial charge in [-0.25, -0.2) is 9.97 Å². The molecule has 0 radical (unpaired) electrons. The molecule has 7 nitrogen and oxygen atoms in total. The van der Waals surface area contributed by atoms with Crippen LogP contribution in [0.25, 0.3) is 0 Å². The first-order valence-corrected chi connectivity index (χ1v) is 7.66. The topological polar surface area (TPSA) is 86.4 Å². The Balaban J connectivity index is 1.58. The molecule has 23 heavy (non-hydrogen) atoms. The van der Waals surface area contributed by atoms with Gasteiger partial charge < -0.3 is 20.1 Å². The summed E-state index contributed by atoms with van der Waals surface area (Å²) in [5, 5.41) is 0. The Kier molecular flexibility index (Phi) is 4.45. The van der Waals surface area contributed by atoms with Gasteiger partial charge in [-0.2, -0.15) is 4.98 Å². The largest absolute Gasteiger partial charge is 0.489 e. The van der Waals surface area contributed by atoms with E-state index < -0.39 is 0 Å². The highest BCUT2D eigenvalue weighted by Gasteiger charge is 2.23. The molecule has 1 fully saturated rings. The molecule has 0 unspecified atom stereocenters. The lowest BCUT2D eigenvalue weighted by atomic mass is 10.1. The Morgan fingerprint density at radius 2 is 1.96 bits per heavy atom. The number of methoxy groups -OCH3 is 1. The fourth-order valence-corrected chi connectivity index (χ4v) is 2.70. The van der Waals surface area contributed by atoms with E-state index in [-0.39, 0.29) is 6.10 Å². The summed E-state index contributed by atoms with van der Waals surface area (Å²) in [5.41, 5.74) is 6.74. The van der Waals surface area contributed by atoms with Crippen molar-refractivity contribution in [2.24, 2.45) is 0 Å². The highest BCUT2D eigenvalue weighted by molar-refractivity contribution is 5.48. The molecule has 7 heteroatoms. The smallest absolute Gasteiger partial charge is 0.221 e. The lowest BCUT2D eigenvalue weighted by Gasteiger charge is -2.33. The summed E-state index contributed by atoms with van der Waals surface area (Å²) in [6, 6.07) is 3.69. The molecule has 0 bridgehead atoms. The minimum atomic E-state index is 0.181. The Morgan fingerprint density at radius 3 is 2.61 bits per heavy atom. The van der Waals surface area contributed by atoms with Crippen LogP contribution in [0, 0.1) is 6.92 Å². The van der Waals surface area contributed by atoms with Gasteiger partial charge in [0.25, 0.3) is 0 Å². The fraction of sp³-hybridized carbons (Fsp3) is 0.438. The number of aryl methyl sites for hydroxylation is 1. The van der Waals surface area contributed by atoms with Gasteiger partial charge in [0.05, 0.1) is 13.3 Å². The van der Waals surface area contributed by atoms with Crippen molar-refractivity contribution in [1.82, 2.24) is 15.0 Å². The number of nitrogen functional groups attached to an aromatic ring is 1. The zero-order valence-corrected chi connectivity index (χ0v) is 13.4. The van der Waals surface area contributed by atoms with Gasteiger partial charge in [0, 0.05) is 43.8 Å². The SMILES string of the molecule is COc1ccc(OC2CCN(c3nc(N)ncc3C)CC2)cn1. The summed E-state index contributed by atoms with van der Waals surface area (Å²) in [6.45, 7) is 3.76. The Morgan fingerprint density at radius 1 is 1.17 bits per heavy atom. The summed E-state index contributed by atoms with van der Waals surface area (Å²) >= 11 is 0. The zero-order chi connectivity index (χ0) is 16.2. The van der Waals surface area contributed by atoms with Crippen LogP contribution in [0.1, 0.15) is 18.4 Å². The van der Waals surface area contributed by atoms with E-state index in [1.807, 2.05) is 13.0 Å². The summed E-state index contributed by atoms with van der Waals surface area (Å²) < 4.78 is 11.0. The molecule has 2 aromatic heterocycles. The van der Waals surface area contributed by atoms with Crippen LogP contribution < -0.4 is 20.1 Å². The van der Waals surface area contributed by atoms with Crippen LogP contribution in [0.2, 0.25) is 0 Å². The van der Waals surface area contributed by atoms with E-state index in [0.29, 0.717) is 11.8 Å². The Hall–Kier alpha value is -2.57. The molecular weight excluding hydrogens is 294 g/mol. The molecule has 1 saturated heterocycles. The quantitative estimate of drug-likeness (QED) is 0.921. The molecule has 2 N–H and O–H groups in total. The van der Waals surface area contributed by atoms with Crippen molar-refractivity contribution >= 4 is 11.8 Å². The monoisotopic (exact) mass is 315 g/mol. The molecule has 0 saturated carbocycles. The average Bonchev–Trinajstić information content (AvgIpc) is 2.58. The van der Waals surface area contributed by atoms with E-state index in [1.165, 1.54) is 0 Å². The highest BCUT2D eigenvalue weighted by Crippen LogP contribution is 2.24. The number of rotatable bonds is 4. The van der Waals surface area contributed by atoms with Crippen molar-refractivity contribution in [3.05, 3.63) is 30.1 Å². The zero-order valence-electron chi connectivity index (χ0n) is 13.4. The molecule has 0 aromatic carbocycles. The lowest BCUT2D eigenvalue weighted by Crippen LogP contribution is -2.39. The number of hydrogen-bond donors (Lipinski definition) is 1. The summed E-state index contributed by atoms with van der Waals surface area (Å²) in [6.07, 6.45) is 5.50. The number of nitrogens with zero attached hydrogens (tertiary/aromatic N) is 4. The number of nitrogens with two attached hydrogens (primary N) is 1. The van der Waals surface area contributed by atoms with E-state index in [9.17, 15) is 0 Å². The number of piperidine rings is 1. The lowest BCUT2D eigenvalue weighted by molar-refractivity contribution is 0.170. The van der Waals surface area contributed by atoms with Crippen LogP contribution >= 0.6 is 0 Å². The van der Waals surface area contributed by atoms with Crippen molar-refractivity contribution in [1.29, 1.82) is 0 Å². The first kappa shape index (κ1) is 15.3. The van der Waals surface area contributed by atoms with E-state index in [4.69, 9.17) is 15.2 Å². The Bertz CT molecular complexity index is 654. The van der Waals surface area contributed by atoms with Crippen molar-refractivity contribution < 1.29 is 9.47 Å². The fourth-order valence-electron chi connectivity index (χ4n) is 2.70. The third kappa shape index (κ3) is 3.61. The number of hydrogen-bond acceptors (Lipinski definition) is 7. The Labute approximate surface area is 135 Å². The molecule has 0 amide bonds. The van der Waals surface area contributed by atoms with Crippen LogP contribution in [0.15, 0.2) is 24.5 Å². The summed E-state index contributed by atoms with van der Waals surface area (Å²) in [5.74, 6) is 2.59. The van der Waals surface area contributed by atoms with Crippen LogP contribution in [-0.4, -0.2) is 41.3 Å². The predicted octanol–water partition coefficient (Wildman–Crippen LogP) is 1.82. The molecule has 1 aliphatic rings. The average molecular weight is 315 g/mol. The molecule has 122 valence electrons. The van der Waals surface area contributed by atoms with E-state index in [2.05, 4.69) is 19.9 Å². The molecule has 0 aliphatic carbocycles. The van der Waals surface area contributed by atoms with Gasteiger partial charge in [-0.15, -0.1) is 0 Å². The molecule has 0 spiro atoms. The molecular formula is C16H21N5O2. The van der Waals surface area contributed by atoms with Crippen molar-refractivity contribution in [3.8, 4) is 11.6 Å². The maximum atomic E-state index is 5.99. The van der Waals surface area contributed by atoms with Gasteiger partial charge in [0.15, 0.2) is 0 Å². The third-order valence-electron chi connectivity index (χ3n) is 3.93. The minimum Gasteiger partial charge on any atom is -0.489 e. The van der Waals surface area contributed by atoms with Gasteiger partial charge in [-0.3, -0.25) is 0 Å². The standard InChI is InChI=1S/C16H21N5O2/c1-11-9-19-16(17)20-15(11)21-7-5-12(6-8-21)23-13-3-4-14(22-2)18-10-13/h3-4,9-10,12H,5-8H2,1-2H3,(H2,17,19,20). The first-order valence-electron chi connectivity index (χ1n) is 7.66. The van der Waals surface area contributed by atoms with Crippen LogP contribution in [0.5, 0.6) is 11.6 Å². The number of anilines is 2. The summed E-state index contributed by atoms with van der Waals surface area (Å²) in [4.78, 5) is 14.8. The molecule has 3 rings (SSSR count). The highest BCUT2D eigenvalue weighted by atomic mass is 16.5. The summed E-state index contributed by atoms with van der Waals surface area (Å²) in [7, 11) is 1.60. The van der Waals surface area contributed by atoms with Crippen LogP contribution in [0.4, 0.5) is 11.8 Å². The number of pyridine rings is 1. The second-order valence-electron chi connectivity index (χ2n) is 5.58. The van der Waals surface area contributed by atoms with Gasteiger partial charge in [0.2, 0.25) is 11.8 Å². The molecule has 2 aromatic rings. The molecule has 3 heterocycles. The van der Waals surface area contributed by atoms with E-state index in [0.717, 1.165) is 43.1 Å². The van der Waals surface area contributed by atoms with E-state index >= 15 is 0 Å². The van der Waals surface area contributed by atoms with Gasteiger partial charge in [0.1, 0.15) is 17.7 Å². The van der Waals surface area contributed by atoms with Crippen molar-refractivity contribution in [3.63, 3.8) is 0 Å². The number of aromatic nitrogens is 3. The number of ether oxygens (including phenoxy) is 2. The third-order valence-corrected chi connectivity index (χ3v) is 3.93. The van der Waals surface area contributed by atoms with Crippen molar-refractivity contribution in [2.75, 3.05) is 30.8 Å². The second-order valence-corrected chi connectivity index (χ2v) is 5.58. The van der Waals surface area contributed by atoms with Gasteiger partial charge in [-0.05, 0) is 13.0 Å². The predicted molar refractivity (Wildman–Crippen MR) is 87.8 cm³/mol.